The molecule has 0 aliphatic heterocycles. The topological polar surface area (TPSA) is 52.6 Å². The molecule has 0 N–H and O–H groups in total. The SMILES string of the molecule is C=C(C)C(=O)OCC(OC(=O)C(=C)C)[N+](C)(C)C. The molecule has 0 amide bonds. The van der Waals surface area contributed by atoms with E-state index in [1.807, 2.05) is 21.1 Å². The average Bonchev–Trinajstić information content (AvgIpc) is 2.20. The van der Waals surface area contributed by atoms with Crippen LogP contribution in [0.15, 0.2) is 24.3 Å². The number of likely N-dealkylation sites (N-methyl/N-ethyl adjacent to an activating group) is 1. The van der Waals surface area contributed by atoms with Crippen LogP contribution < -0.4 is 0 Å². The summed E-state index contributed by atoms with van der Waals surface area (Å²) in [6.45, 7) is 10.1. The number of carbonyl (C=O) groups excluding carboxylic acids is 2. The maximum Gasteiger partial charge on any atom is 0.337 e. The van der Waals surface area contributed by atoms with Crippen molar-refractivity contribution >= 4 is 11.9 Å². The predicted molar refractivity (Wildman–Crippen MR) is 68.5 cm³/mol. The molecule has 0 spiro atoms. The summed E-state index contributed by atoms with van der Waals surface area (Å²) in [5.41, 5.74) is 0.612. The lowest BCUT2D eigenvalue weighted by Crippen LogP contribution is -2.50. The van der Waals surface area contributed by atoms with E-state index in [0.29, 0.717) is 15.6 Å². The summed E-state index contributed by atoms with van der Waals surface area (Å²) in [7, 11) is 5.51. The second-order valence-corrected chi connectivity index (χ2v) is 5.14. The summed E-state index contributed by atoms with van der Waals surface area (Å²) in [5, 5.41) is 0. The van der Waals surface area contributed by atoms with Crippen LogP contribution in [0.4, 0.5) is 0 Å². The molecule has 0 saturated heterocycles. The first-order chi connectivity index (χ1) is 8.05. The van der Waals surface area contributed by atoms with Gasteiger partial charge < -0.3 is 9.47 Å². The van der Waals surface area contributed by atoms with Crippen molar-refractivity contribution in [3.05, 3.63) is 24.3 Å². The van der Waals surface area contributed by atoms with Crippen molar-refractivity contribution in [2.75, 3.05) is 27.7 Å². The molecule has 0 radical (unpaired) electrons. The highest BCUT2D eigenvalue weighted by molar-refractivity contribution is 5.87. The number of hydrogen-bond donors (Lipinski definition) is 0. The number of quaternary nitrogens is 1. The lowest BCUT2D eigenvalue weighted by molar-refractivity contribution is -0.917. The minimum absolute atomic E-state index is 0.0196. The Kier molecular flexibility index (Phi) is 5.78. The third-order valence-electron chi connectivity index (χ3n) is 2.16. The van der Waals surface area contributed by atoms with Gasteiger partial charge in [0, 0.05) is 11.1 Å². The number of carbonyl (C=O) groups is 2. The van der Waals surface area contributed by atoms with E-state index in [1.165, 1.54) is 0 Å². The van der Waals surface area contributed by atoms with Gasteiger partial charge in [-0.05, 0) is 13.8 Å². The standard InChI is InChI=1S/C13H22NO4/c1-9(2)12(15)17-8-11(14(5,6)7)18-13(16)10(3)4/h11H,1,3,8H2,2,4-7H3/q+1. The van der Waals surface area contributed by atoms with E-state index in [2.05, 4.69) is 13.2 Å². The van der Waals surface area contributed by atoms with Crippen LogP contribution in [0.5, 0.6) is 0 Å². The van der Waals surface area contributed by atoms with Crippen molar-refractivity contribution in [3.8, 4) is 0 Å². The summed E-state index contributed by atoms with van der Waals surface area (Å²) >= 11 is 0. The van der Waals surface area contributed by atoms with Gasteiger partial charge in [0.2, 0.25) is 0 Å². The van der Waals surface area contributed by atoms with E-state index in [4.69, 9.17) is 9.47 Å². The fraction of sp³-hybridized carbons (Fsp3) is 0.538. The average molecular weight is 256 g/mol. The second-order valence-electron chi connectivity index (χ2n) is 5.14. The van der Waals surface area contributed by atoms with Crippen LogP contribution in [0.25, 0.3) is 0 Å². The van der Waals surface area contributed by atoms with E-state index in [1.54, 1.807) is 13.8 Å². The van der Waals surface area contributed by atoms with Gasteiger partial charge >= 0.3 is 11.9 Å². The molecule has 1 atom stereocenters. The van der Waals surface area contributed by atoms with Crippen molar-refractivity contribution in [2.24, 2.45) is 0 Å². The molecule has 0 aliphatic rings. The fourth-order valence-corrected chi connectivity index (χ4v) is 0.910. The van der Waals surface area contributed by atoms with Crippen molar-refractivity contribution in [1.82, 2.24) is 0 Å². The van der Waals surface area contributed by atoms with Gasteiger partial charge in [0.15, 0.2) is 6.61 Å². The quantitative estimate of drug-likeness (QED) is 0.311. The Morgan fingerprint density at radius 2 is 1.50 bits per heavy atom. The van der Waals surface area contributed by atoms with Crippen molar-refractivity contribution < 1.29 is 23.5 Å². The van der Waals surface area contributed by atoms with Gasteiger partial charge in [0.1, 0.15) is 0 Å². The Morgan fingerprint density at radius 3 is 1.83 bits per heavy atom. The Balaban J connectivity index is 4.62. The van der Waals surface area contributed by atoms with Crippen LogP contribution in [-0.2, 0) is 19.1 Å². The molecule has 0 bridgehead atoms. The summed E-state index contributed by atoms with van der Waals surface area (Å²) in [4.78, 5) is 22.8. The third kappa shape index (κ3) is 5.63. The zero-order chi connectivity index (χ0) is 14.5. The van der Waals surface area contributed by atoms with Crippen LogP contribution in [-0.4, -0.2) is 50.4 Å². The molecule has 0 aromatic rings. The molecule has 0 aliphatic carbocycles. The van der Waals surface area contributed by atoms with Gasteiger partial charge in [-0.15, -0.1) is 0 Å². The molecule has 0 heterocycles. The van der Waals surface area contributed by atoms with Gasteiger partial charge in [0.25, 0.3) is 6.23 Å². The van der Waals surface area contributed by atoms with Gasteiger partial charge in [-0.25, -0.2) is 9.59 Å². The van der Waals surface area contributed by atoms with Gasteiger partial charge in [-0.3, -0.25) is 4.48 Å². The minimum Gasteiger partial charge on any atom is -0.452 e. The Morgan fingerprint density at radius 1 is 1.06 bits per heavy atom. The van der Waals surface area contributed by atoms with Crippen LogP contribution in [0.3, 0.4) is 0 Å². The van der Waals surface area contributed by atoms with Crippen LogP contribution in [0.1, 0.15) is 13.8 Å². The van der Waals surface area contributed by atoms with Gasteiger partial charge in [-0.2, -0.15) is 0 Å². The van der Waals surface area contributed by atoms with E-state index >= 15 is 0 Å². The highest BCUT2D eigenvalue weighted by Crippen LogP contribution is 2.09. The lowest BCUT2D eigenvalue weighted by atomic mass is 10.3. The predicted octanol–water partition coefficient (Wildman–Crippen LogP) is 1.26. The van der Waals surface area contributed by atoms with E-state index in [9.17, 15) is 9.59 Å². The number of nitrogens with zero attached hydrogens (tertiary/aromatic N) is 1. The molecule has 0 saturated carbocycles. The maximum absolute atomic E-state index is 11.5. The number of esters is 2. The van der Waals surface area contributed by atoms with Crippen LogP contribution in [0, 0.1) is 0 Å². The largest absolute Gasteiger partial charge is 0.452 e. The first-order valence-electron chi connectivity index (χ1n) is 5.56. The molecular formula is C13H22NO4+. The second kappa shape index (κ2) is 6.35. The zero-order valence-electron chi connectivity index (χ0n) is 11.8. The Hall–Kier alpha value is -1.62. The summed E-state index contributed by atoms with van der Waals surface area (Å²) in [5.74, 6) is -1.00. The summed E-state index contributed by atoms with van der Waals surface area (Å²) in [6.07, 6.45) is -0.586. The van der Waals surface area contributed by atoms with Crippen molar-refractivity contribution in [3.63, 3.8) is 0 Å². The Labute approximate surface area is 108 Å². The van der Waals surface area contributed by atoms with Crippen molar-refractivity contribution in [2.45, 2.75) is 20.1 Å². The van der Waals surface area contributed by atoms with Gasteiger partial charge in [-0.1, -0.05) is 13.2 Å². The summed E-state index contributed by atoms with van der Waals surface area (Å²) < 4.78 is 10.6. The third-order valence-corrected chi connectivity index (χ3v) is 2.16. The lowest BCUT2D eigenvalue weighted by Gasteiger charge is -2.32. The first kappa shape index (κ1) is 16.4. The van der Waals surface area contributed by atoms with E-state index in [0.717, 1.165) is 0 Å². The highest BCUT2D eigenvalue weighted by atomic mass is 16.6. The van der Waals surface area contributed by atoms with E-state index < -0.39 is 18.2 Å². The molecule has 1 unspecified atom stereocenters. The molecule has 0 rings (SSSR count). The summed E-state index contributed by atoms with van der Waals surface area (Å²) in [6, 6.07) is 0. The minimum atomic E-state index is -0.586. The molecule has 0 aromatic carbocycles. The van der Waals surface area contributed by atoms with Crippen molar-refractivity contribution in [1.29, 1.82) is 0 Å². The molecule has 0 aromatic heterocycles. The Bertz CT molecular complexity index is 366. The number of hydrogen-bond acceptors (Lipinski definition) is 4. The molecule has 0 fully saturated rings. The zero-order valence-corrected chi connectivity index (χ0v) is 11.8. The monoisotopic (exact) mass is 256 g/mol. The number of ether oxygens (including phenoxy) is 2. The molecule has 5 nitrogen and oxygen atoms in total. The molecule has 18 heavy (non-hydrogen) atoms. The fourth-order valence-electron chi connectivity index (χ4n) is 0.910. The molecular weight excluding hydrogens is 234 g/mol. The highest BCUT2D eigenvalue weighted by Gasteiger charge is 2.29. The van der Waals surface area contributed by atoms with Gasteiger partial charge in [0.05, 0.1) is 21.1 Å². The molecule has 102 valence electrons. The normalized spacial score (nSPS) is 12.5. The number of rotatable bonds is 6. The smallest absolute Gasteiger partial charge is 0.337 e. The maximum atomic E-state index is 11.5. The molecule has 5 heteroatoms. The van der Waals surface area contributed by atoms with Crippen LogP contribution >= 0.6 is 0 Å². The van der Waals surface area contributed by atoms with Crippen LogP contribution in [0.2, 0.25) is 0 Å². The first-order valence-corrected chi connectivity index (χ1v) is 5.56. The van der Waals surface area contributed by atoms with E-state index in [-0.39, 0.29) is 6.61 Å².